The van der Waals surface area contributed by atoms with Gasteiger partial charge in [-0.1, -0.05) is 22.0 Å². The molecule has 2 aromatic rings. The Morgan fingerprint density at radius 1 is 1.39 bits per heavy atom. The van der Waals surface area contributed by atoms with Crippen molar-refractivity contribution in [3.8, 4) is 0 Å². The lowest BCUT2D eigenvalue weighted by Crippen LogP contribution is -2.19. The molecule has 0 saturated heterocycles. The maximum atomic E-state index is 4.34. The quantitative estimate of drug-likeness (QED) is 0.762. The van der Waals surface area contributed by atoms with Crippen molar-refractivity contribution in [1.29, 1.82) is 0 Å². The molecule has 5 heteroatoms. The summed E-state index contributed by atoms with van der Waals surface area (Å²) in [5.74, 6) is 1.05. The first-order valence-electron chi connectivity index (χ1n) is 5.63. The van der Waals surface area contributed by atoms with Crippen molar-refractivity contribution >= 4 is 37.5 Å². The third-order valence-corrected chi connectivity index (χ3v) is 4.16. The highest BCUT2D eigenvalue weighted by Crippen LogP contribution is 2.28. The first-order chi connectivity index (χ1) is 8.61. The molecular weight excluding hydrogens is 358 g/mol. The third kappa shape index (κ3) is 2.95. The maximum absolute atomic E-state index is 4.34. The Labute approximate surface area is 124 Å². The molecule has 0 saturated carbocycles. The van der Waals surface area contributed by atoms with Crippen LogP contribution in [0.5, 0.6) is 0 Å². The van der Waals surface area contributed by atoms with Crippen molar-refractivity contribution < 1.29 is 0 Å². The minimum atomic E-state index is 0.787. The minimum Gasteiger partial charge on any atom is -0.366 e. The van der Waals surface area contributed by atoms with Crippen LogP contribution in [0.2, 0.25) is 0 Å². The van der Waals surface area contributed by atoms with Crippen LogP contribution in [0.4, 0.5) is 5.69 Å². The van der Waals surface area contributed by atoms with Crippen molar-refractivity contribution in [2.45, 2.75) is 11.9 Å². The van der Waals surface area contributed by atoms with Crippen molar-refractivity contribution in [3.05, 3.63) is 46.5 Å². The molecule has 0 unspecified atom stereocenters. The second kappa shape index (κ2) is 5.89. The molecule has 0 radical (unpaired) electrons. The number of nitrogens with zero attached hydrogens (tertiary/aromatic N) is 3. The largest absolute Gasteiger partial charge is 0.366 e. The topological polar surface area (TPSA) is 21.1 Å². The number of aryl methyl sites for hydroxylation is 1. The molecule has 1 aromatic heterocycles. The molecule has 0 aliphatic heterocycles. The lowest BCUT2D eigenvalue weighted by Gasteiger charge is -2.20. The van der Waals surface area contributed by atoms with E-state index in [1.54, 1.807) is 0 Å². The first-order valence-corrected chi connectivity index (χ1v) is 7.55. The SMILES string of the molecule is CN(Cc1nccn1C)c1ccc(CBr)cc1Br. The van der Waals surface area contributed by atoms with E-state index in [2.05, 4.69) is 67.0 Å². The number of rotatable bonds is 4. The number of hydrogen-bond acceptors (Lipinski definition) is 2. The number of alkyl halides is 1. The van der Waals surface area contributed by atoms with E-state index in [4.69, 9.17) is 0 Å². The Hall–Kier alpha value is -0.810. The highest BCUT2D eigenvalue weighted by atomic mass is 79.9. The lowest BCUT2D eigenvalue weighted by atomic mass is 10.2. The fourth-order valence-electron chi connectivity index (χ4n) is 1.79. The van der Waals surface area contributed by atoms with Gasteiger partial charge in [0.1, 0.15) is 5.82 Å². The van der Waals surface area contributed by atoms with Crippen LogP contribution in [0.25, 0.3) is 0 Å². The van der Waals surface area contributed by atoms with Crippen LogP contribution in [0.15, 0.2) is 35.1 Å². The summed E-state index contributed by atoms with van der Waals surface area (Å²) in [5.41, 5.74) is 2.43. The summed E-state index contributed by atoms with van der Waals surface area (Å²) < 4.78 is 3.15. The van der Waals surface area contributed by atoms with E-state index in [9.17, 15) is 0 Å². The van der Waals surface area contributed by atoms with Gasteiger partial charge >= 0.3 is 0 Å². The highest BCUT2D eigenvalue weighted by Gasteiger charge is 2.09. The van der Waals surface area contributed by atoms with E-state index in [0.29, 0.717) is 0 Å². The van der Waals surface area contributed by atoms with Gasteiger partial charge in [0.05, 0.1) is 12.2 Å². The van der Waals surface area contributed by atoms with Gasteiger partial charge in [-0.05, 0) is 33.6 Å². The molecule has 96 valence electrons. The summed E-state index contributed by atoms with van der Waals surface area (Å²) in [6.07, 6.45) is 3.79. The van der Waals surface area contributed by atoms with Crippen molar-refractivity contribution in [1.82, 2.24) is 9.55 Å². The predicted molar refractivity (Wildman–Crippen MR) is 82.1 cm³/mol. The van der Waals surface area contributed by atoms with Gasteiger partial charge in [0.15, 0.2) is 0 Å². The molecule has 2 rings (SSSR count). The second-order valence-corrected chi connectivity index (χ2v) is 5.64. The molecule has 0 aliphatic rings. The third-order valence-electron chi connectivity index (χ3n) is 2.88. The van der Waals surface area contributed by atoms with Gasteiger partial charge in [0.2, 0.25) is 0 Å². The highest BCUT2D eigenvalue weighted by molar-refractivity contribution is 9.10. The molecule has 0 spiro atoms. The van der Waals surface area contributed by atoms with Gasteiger partial charge in [-0.25, -0.2) is 4.98 Å². The predicted octanol–water partition coefficient (Wildman–Crippen LogP) is 3.71. The van der Waals surface area contributed by atoms with E-state index in [1.807, 2.05) is 24.0 Å². The number of hydrogen-bond donors (Lipinski definition) is 0. The van der Waals surface area contributed by atoms with Crippen LogP contribution in [-0.2, 0) is 18.9 Å². The standard InChI is InChI=1S/C13H15Br2N3/c1-17-6-5-16-13(17)9-18(2)12-4-3-10(8-14)7-11(12)15/h3-7H,8-9H2,1-2H3. The Kier molecular flexibility index (Phi) is 4.45. The fraction of sp³-hybridized carbons (Fsp3) is 0.308. The van der Waals surface area contributed by atoms with Crippen molar-refractivity contribution in [2.75, 3.05) is 11.9 Å². The molecule has 0 fully saturated rings. The zero-order valence-corrected chi connectivity index (χ0v) is 13.6. The summed E-state index contributed by atoms with van der Waals surface area (Å²) in [7, 11) is 4.09. The number of halogens is 2. The Morgan fingerprint density at radius 2 is 2.17 bits per heavy atom. The van der Waals surface area contributed by atoms with Crippen LogP contribution in [0.1, 0.15) is 11.4 Å². The van der Waals surface area contributed by atoms with Gasteiger partial charge in [-0.15, -0.1) is 0 Å². The Bertz CT molecular complexity index is 537. The number of aromatic nitrogens is 2. The average molecular weight is 373 g/mol. The fourth-order valence-corrected chi connectivity index (χ4v) is 2.87. The van der Waals surface area contributed by atoms with Crippen LogP contribution >= 0.6 is 31.9 Å². The molecule has 0 bridgehead atoms. The summed E-state index contributed by atoms with van der Waals surface area (Å²) in [6, 6.07) is 6.40. The molecule has 0 N–H and O–H groups in total. The molecule has 0 atom stereocenters. The zero-order valence-electron chi connectivity index (χ0n) is 10.4. The molecule has 3 nitrogen and oxygen atoms in total. The maximum Gasteiger partial charge on any atom is 0.127 e. The summed E-state index contributed by atoms with van der Waals surface area (Å²) in [6.45, 7) is 0.787. The summed E-state index contributed by atoms with van der Waals surface area (Å²) in [4.78, 5) is 6.53. The average Bonchev–Trinajstić information content (AvgIpc) is 2.74. The number of anilines is 1. The smallest absolute Gasteiger partial charge is 0.127 e. The van der Waals surface area contributed by atoms with Gasteiger partial charge in [-0.2, -0.15) is 0 Å². The summed E-state index contributed by atoms with van der Waals surface area (Å²) in [5, 5.41) is 0.870. The van der Waals surface area contributed by atoms with Gasteiger partial charge in [0, 0.05) is 36.3 Å². The van der Waals surface area contributed by atoms with E-state index < -0.39 is 0 Å². The monoisotopic (exact) mass is 371 g/mol. The lowest BCUT2D eigenvalue weighted by molar-refractivity contribution is 0.761. The van der Waals surface area contributed by atoms with Crippen LogP contribution in [0, 0.1) is 0 Å². The number of imidazole rings is 1. The van der Waals surface area contributed by atoms with E-state index in [-0.39, 0.29) is 0 Å². The van der Waals surface area contributed by atoms with Crippen LogP contribution in [-0.4, -0.2) is 16.6 Å². The molecule has 18 heavy (non-hydrogen) atoms. The molecular formula is C13H15Br2N3. The second-order valence-electron chi connectivity index (χ2n) is 4.23. The minimum absolute atomic E-state index is 0.787. The molecule has 1 heterocycles. The van der Waals surface area contributed by atoms with Gasteiger partial charge < -0.3 is 9.47 Å². The van der Waals surface area contributed by atoms with Crippen molar-refractivity contribution in [3.63, 3.8) is 0 Å². The Morgan fingerprint density at radius 3 is 2.72 bits per heavy atom. The van der Waals surface area contributed by atoms with Crippen LogP contribution in [0.3, 0.4) is 0 Å². The normalized spacial score (nSPS) is 10.7. The van der Waals surface area contributed by atoms with E-state index in [0.717, 1.165) is 22.2 Å². The summed E-state index contributed by atoms with van der Waals surface area (Å²) >= 11 is 7.09. The van der Waals surface area contributed by atoms with E-state index in [1.165, 1.54) is 11.3 Å². The first kappa shape index (κ1) is 13.6. The van der Waals surface area contributed by atoms with Gasteiger partial charge in [-0.3, -0.25) is 0 Å². The van der Waals surface area contributed by atoms with Crippen LogP contribution < -0.4 is 4.90 Å². The van der Waals surface area contributed by atoms with Crippen molar-refractivity contribution in [2.24, 2.45) is 7.05 Å². The number of benzene rings is 1. The van der Waals surface area contributed by atoms with Gasteiger partial charge in [0.25, 0.3) is 0 Å². The zero-order chi connectivity index (χ0) is 13.1. The van der Waals surface area contributed by atoms with E-state index >= 15 is 0 Å². The molecule has 0 amide bonds. The molecule has 1 aromatic carbocycles. The Balaban J connectivity index is 2.19. The molecule has 0 aliphatic carbocycles.